The molecule has 0 aliphatic heterocycles. The second-order valence-electron chi connectivity index (χ2n) is 3.78. The van der Waals surface area contributed by atoms with Crippen molar-refractivity contribution in [3.63, 3.8) is 0 Å². The molecule has 0 unspecified atom stereocenters. The Morgan fingerprint density at radius 1 is 1.35 bits per heavy atom. The lowest BCUT2D eigenvalue weighted by Gasteiger charge is -1.98. The van der Waals surface area contributed by atoms with Crippen LogP contribution in [0.5, 0.6) is 0 Å². The van der Waals surface area contributed by atoms with E-state index in [1.807, 2.05) is 6.92 Å². The summed E-state index contributed by atoms with van der Waals surface area (Å²) in [6, 6.07) is 4.89. The fourth-order valence-corrected chi connectivity index (χ4v) is 1.61. The van der Waals surface area contributed by atoms with Crippen LogP contribution in [0, 0.1) is 12.7 Å². The Labute approximate surface area is 104 Å². The summed E-state index contributed by atoms with van der Waals surface area (Å²) in [5.74, 6) is 0.890. The van der Waals surface area contributed by atoms with Gasteiger partial charge in [0.2, 0.25) is 5.89 Å². The first kappa shape index (κ1) is 12.0. The number of benzene rings is 1. The van der Waals surface area contributed by atoms with Gasteiger partial charge in [0.1, 0.15) is 5.82 Å². The van der Waals surface area contributed by atoms with E-state index in [0.717, 1.165) is 12.0 Å². The molecular formula is C12H12ClFN2O. The summed E-state index contributed by atoms with van der Waals surface area (Å²) in [6.45, 7) is 1.83. The van der Waals surface area contributed by atoms with Crippen LogP contribution in [0.25, 0.3) is 11.5 Å². The second-order valence-corrected chi connectivity index (χ2v) is 4.15. The molecule has 1 aromatic heterocycles. The van der Waals surface area contributed by atoms with Crippen molar-refractivity contribution in [2.45, 2.75) is 19.8 Å². The van der Waals surface area contributed by atoms with Gasteiger partial charge >= 0.3 is 0 Å². The van der Waals surface area contributed by atoms with E-state index in [2.05, 4.69) is 10.2 Å². The van der Waals surface area contributed by atoms with Crippen molar-refractivity contribution in [1.82, 2.24) is 10.2 Å². The molecule has 0 bridgehead atoms. The first-order valence-electron chi connectivity index (χ1n) is 5.35. The molecule has 0 aliphatic rings. The van der Waals surface area contributed by atoms with Crippen LogP contribution in [0.1, 0.15) is 17.9 Å². The highest BCUT2D eigenvalue weighted by Crippen LogP contribution is 2.22. The smallest absolute Gasteiger partial charge is 0.250 e. The summed E-state index contributed by atoms with van der Waals surface area (Å²) in [5, 5.41) is 7.68. The summed E-state index contributed by atoms with van der Waals surface area (Å²) >= 11 is 5.57. The van der Waals surface area contributed by atoms with E-state index in [0.29, 0.717) is 23.8 Å². The van der Waals surface area contributed by atoms with Gasteiger partial charge in [-0.15, -0.1) is 21.8 Å². The number of hydrogen-bond acceptors (Lipinski definition) is 3. The first-order valence-corrected chi connectivity index (χ1v) is 5.89. The lowest BCUT2D eigenvalue weighted by molar-refractivity contribution is 0.498. The minimum Gasteiger partial charge on any atom is -0.421 e. The van der Waals surface area contributed by atoms with E-state index in [-0.39, 0.29) is 11.7 Å². The van der Waals surface area contributed by atoms with Gasteiger partial charge in [-0.05, 0) is 31.0 Å². The highest BCUT2D eigenvalue weighted by molar-refractivity contribution is 6.17. The van der Waals surface area contributed by atoms with E-state index < -0.39 is 0 Å². The molecule has 0 N–H and O–H groups in total. The summed E-state index contributed by atoms with van der Waals surface area (Å²) < 4.78 is 19.0. The Balaban J connectivity index is 2.24. The molecule has 5 heteroatoms. The molecule has 0 fully saturated rings. The number of nitrogens with zero attached hydrogens (tertiary/aromatic N) is 2. The zero-order valence-electron chi connectivity index (χ0n) is 9.41. The predicted molar refractivity (Wildman–Crippen MR) is 63.5 cm³/mol. The molecule has 17 heavy (non-hydrogen) atoms. The van der Waals surface area contributed by atoms with Gasteiger partial charge in [-0.3, -0.25) is 0 Å². The summed E-state index contributed by atoms with van der Waals surface area (Å²) in [6.07, 6.45) is 1.38. The van der Waals surface area contributed by atoms with Gasteiger partial charge in [-0.1, -0.05) is 6.07 Å². The third kappa shape index (κ3) is 2.82. The van der Waals surface area contributed by atoms with Crippen molar-refractivity contribution in [1.29, 1.82) is 0 Å². The Hall–Kier alpha value is -1.42. The molecule has 90 valence electrons. The van der Waals surface area contributed by atoms with Crippen LogP contribution in [0.4, 0.5) is 4.39 Å². The molecule has 0 saturated carbocycles. The van der Waals surface area contributed by atoms with Gasteiger partial charge in [0, 0.05) is 12.3 Å². The van der Waals surface area contributed by atoms with Gasteiger partial charge in [0.25, 0.3) is 5.89 Å². The quantitative estimate of drug-likeness (QED) is 0.786. The molecule has 2 rings (SSSR count). The van der Waals surface area contributed by atoms with Crippen LogP contribution in [-0.4, -0.2) is 16.1 Å². The molecule has 1 heterocycles. The Morgan fingerprint density at radius 3 is 2.88 bits per heavy atom. The van der Waals surface area contributed by atoms with Crippen molar-refractivity contribution in [2.75, 3.05) is 5.88 Å². The van der Waals surface area contributed by atoms with Crippen LogP contribution in [0.15, 0.2) is 22.6 Å². The molecule has 2 aromatic rings. The molecule has 0 aliphatic carbocycles. The minimum absolute atomic E-state index is 0.215. The maximum Gasteiger partial charge on any atom is 0.250 e. The van der Waals surface area contributed by atoms with Crippen LogP contribution >= 0.6 is 11.6 Å². The van der Waals surface area contributed by atoms with Crippen molar-refractivity contribution in [3.05, 3.63) is 35.5 Å². The topological polar surface area (TPSA) is 38.9 Å². The Kier molecular flexibility index (Phi) is 3.74. The zero-order valence-corrected chi connectivity index (χ0v) is 10.2. The summed E-state index contributed by atoms with van der Waals surface area (Å²) in [4.78, 5) is 0. The van der Waals surface area contributed by atoms with E-state index in [9.17, 15) is 4.39 Å². The fraction of sp³-hybridized carbons (Fsp3) is 0.333. The molecule has 0 amide bonds. The molecule has 0 atom stereocenters. The fourth-order valence-electron chi connectivity index (χ4n) is 1.48. The molecular weight excluding hydrogens is 243 g/mol. The van der Waals surface area contributed by atoms with Gasteiger partial charge in [0.15, 0.2) is 0 Å². The van der Waals surface area contributed by atoms with E-state index >= 15 is 0 Å². The van der Waals surface area contributed by atoms with Gasteiger partial charge in [-0.25, -0.2) is 4.39 Å². The van der Waals surface area contributed by atoms with E-state index in [1.54, 1.807) is 12.1 Å². The SMILES string of the molecule is Cc1ccc(-c2nnc(CCCCl)o2)c(F)c1. The lowest BCUT2D eigenvalue weighted by Crippen LogP contribution is -1.85. The highest BCUT2D eigenvalue weighted by Gasteiger charge is 2.12. The molecule has 1 aromatic carbocycles. The van der Waals surface area contributed by atoms with Crippen LogP contribution in [0.2, 0.25) is 0 Å². The maximum absolute atomic E-state index is 13.6. The van der Waals surface area contributed by atoms with Crippen LogP contribution < -0.4 is 0 Å². The van der Waals surface area contributed by atoms with Gasteiger partial charge in [-0.2, -0.15) is 0 Å². The van der Waals surface area contributed by atoms with Crippen LogP contribution in [-0.2, 0) is 6.42 Å². The number of alkyl halides is 1. The van der Waals surface area contributed by atoms with Crippen LogP contribution in [0.3, 0.4) is 0 Å². The van der Waals surface area contributed by atoms with Crippen molar-refractivity contribution < 1.29 is 8.81 Å². The molecule has 3 nitrogen and oxygen atoms in total. The number of aryl methyl sites for hydroxylation is 2. The molecule has 0 radical (unpaired) electrons. The number of aromatic nitrogens is 2. The standard InChI is InChI=1S/C12H12ClFN2O/c1-8-4-5-9(10(14)7-8)12-16-15-11(17-12)3-2-6-13/h4-5,7H,2-3,6H2,1H3. The zero-order chi connectivity index (χ0) is 12.3. The number of rotatable bonds is 4. The average molecular weight is 255 g/mol. The third-order valence-corrected chi connectivity index (χ3v) is 2.61. The monoisotopic (exact) mass is 254 g/mol. The predicted octanol–water partition coefficient (Wildman–Crippen LogP) is 3.36. The van der Waals surface area contributed by atoms with Gasteiger partial charge in [0.05, 0.1) is 5.56 Å². The molecule has 0 saturated heterocycles. The Morgan fingerprint density at radius 2 is 2.18 bits per heavy atom. The first-order chi connectivity index (χ1) is 8.20. The van der Waals surface area contributed by atoms with E-state index in [4.69, 9.17) is 16.0 Å². The number of hydrogen-bond donors (Lipinski definition) is 0. The normalized spacial score (nSPS) is 10.8. The number of halogens is 2. The average Bonchev–Trinajstić information content (AvgIpc) is 2.75. The van der Waals surface area contributed by atoms with Gasteiger partial charge < -0.3 is 4.42 Å². The highest BCUT2D eigenvalue weighted by atomic mass is 35.5. The van der Waals surface area contributed by atoms with Crippen molar-refractivity contribution >= 4 is 11.6 Å². The summed E-state index contributed by atoms with van der Waals surface area (Å²) in [7, 11) is 0. The van der Waals surface area contributed by atoms with Crippen molar-refractivity contribution in [3.8, 4) is 11.5 Å². The lowest BCUT2D eigenvalue weighted by atomic mass is 10.1. The Bertz CT molecular complexity index is 513. The second kappa shape index (κ2) is 5.27. The van der Waals surface area contributed by atoms with Crippen molar-refractivity contribution in [2.24, 2.45) is 0 Å². The summed E-state index contributed by atoms with van der Waals surface area (Å²) in [5.41, 5.74) is 1.19. The van der Waals surface area contributed by atoms with E-state index in [1.165, 1.54) is 6.07 Å². The minimum atomic E-state index is -0.349. The third-order valence-electron chi connectivity index (χ3n) is 2.35. The largest absolute Gasteiger partial charge is 0.421 e. The maximum atomic E-state index is 13.6. The molecule has 0 spiro atoms.